The molecule has 1 aromatic rings. The van der Waals surface area contributed by atoms with Crippen LogP contribution in [-0.2, 0) is 6.54 Å². The van der Waals surface area contributed by atoms with Gasteiger partial charge in [-0.15, -0.1) is 0 Å². The Morgan fingerprint density at radius 1 is 1.28 bits per heavy atom. The lowest BCUT2D eigenvalue weighted by molar-refractivity contribution is 0.108. The number of hydrogen-bond donors (Lipinski definition) is 2. The molecule has 0 unspecified atom stereocenters. The van der Waals surface area contributed by atoms with E-state index < -0.39 is 0 Å². The van der Waals surface area contributed by atoms with Crippen LogP contribution in [0.1, 0.15) is 31.2 Å². The first-order valence-electron chi connectivity index (χ1n) is 6.48. The van der Waals surface area contributed by atoms with E-state index in [0.717, 1.165) is 36.7 Å². The third kappa shape index (κ3) is 4.04. The van der Waals surface area contributed by atoms with Crippen LogP contribution in [0.25, 0.3) is 0 Å². The van der Waals surface area contributed by atoms with E-state index in [0.29, 0.717) is 18.0 Å². The normalized spacial score (nSPS) is 24.2. The summed E-state index contributed by atoms with van der Waals surface area (Å²) >= 11 is 3.25. The SMILES string of the molecule is OC1CCC(CNCc2ccc(Br)cc2F)CC1. The average molecular weight is 316 g/mol. The highest BCUT2D eigenvalue weighted by molar-refractivity contribution is 9.10. The molecule has 0 saturated heterocycles. The van der Waals surface area contributed by atoms with Crippen LogP contribution >= 0.6 is 15.9 Å². The smallest absolute Gasteiger partial charge is 0.128 e. The molecular formula is C14H19BrFNO. The standard InChI is InChI=1S/C14H19BrFNO/c15-12-4-3-11(14(16)7-12)9-17-8-10-1-5-13(18)6-2-10/h3-4,7,10,13,17-18H,1-2,5-6,8-9H2. The van der Waals surface area contributed by atoms with Gasteiger partial charge in [0, 0.05) is 16.6 Å². The zero-order valence-corrected chi connectivity index (χ0v) is 11.9. The van der Waals surface area contributed by atoms with Gasteiger partial charge in [-0.25, -0.2) is 4.39 Å². The first-order chi connectivity index (χ1) is 8.65. The predicted octanol–water partition coefficient (Wildman–Crippen LogP) is 3.23. The van der Waals surface area contributed by atoms with Gasteiger partial charge in [-0.05, 0) is 50.3 Å². The van der Waals surface area contributed by atoms with Crippen molar-refractivity contribution in [3.8, 4) is 0 Å². The molecule has 100 valence electrons. The van der Waals surface area contributed by atoms with Crippen LogP contribution in [0, 0.1) is 11.7 Å². The zero-order chi connectivity index (χ0) is 13.0. The van der Waals surface area contributed by atoms with Crippen molar-refractivity contribution in [1.82, 2.24) is 5.32 Å². The Kier molecular flexibility index (Phi) is 5.15. The Morgan fingerprint density at radius 2 is 2.00 bits per heavy atom. The van der Waals surface area contributed by atoms with Crippen LogP contribution in [0.3, 0.4) is 0 Å². The van der Waals surface area contributed by atoms with Gasteiger partial charge in [0.2, 0.25) is 0 Å². The third-order valence-electron chi connectivity index (χ3n) is 3.58. The van der Waals surface area contributed by atoms with Gasteiger partial charge in [0.25, 0.3) is 0 Å². The largest absolute Gasteiger partial charge is 0.393 e. The van der Waals surface area contributed by atoms with E-state index in [2.05, 4.69) is 21.2 Å². The molecule has 0 radical (unpaired) electrons. The predicted molar refractivity (Wildman–Crippen MR) is 73.8 cm³/mol. The number of nitrogens with one attached hydrogen (secondary N) is 1. The molecule has 0 amide bonds. The van der Waals surface area contributed by atoms with Gasteiger partial charge in [0.15, 0.2) is 0 Å². The molecule has 2 nitrogen and oxygen atoms in total. The Morgan fingerprint density at radius 3 is 2.67 bits per heavy atom. The van der Waals surface area contributed by atoms with E-state index >= 15 is 0 Å². The van der Waals surface area contributed by atoms with E-state index in [1.165, 1.54) is 6.07 Å². The summed E-state index contributed by atoms with van der Waals surface area (Å²) in [6.07, 6.45) is 3.83. The summed E-state index contributed by atoms with van der Waals surface area (Å²) in [4.78, 5) is 0. The van der Waals surface area contributed by atoms with Crippen molar-refractivity contribution < 1.29 is 9.50 Å². The third-order valence-corrected chi connectivity index (χ3v) is 4.07. The van der Waals surface area contributed by atoms with E-state index in [1.807, 2.05) is 6.07 Å². The molecule has 2 N–H and O–H groups in total. The molecular weight excluding hydrogens is 297 g/mol. The van der Waals surface area contributed by atoms with Gasteiger partial charge in [-0.3, -0.25) is 0 Å². The second-order valence-corrected chi connectivity index (χ2v) is 5.96. The lowest BCUT2D eigenvalue weighted by Crippen LogP contribution is -2.27. The summed E-state index contributed by atoms with van der Waals surface area (Å²) in [5.41, 5.74) is 0.703. The van der Waals surface area contributed by atoms with Crippen LogP contribution in [-0.4, -0.2) is 17.8 Å². The maximum Gasteiger partial charge on any atom is 0.128 e. The van der Waals surface area contributed by atoms with E-state index in [1.54, 1.807) is 6.07 Å². The molecule has 0 spiro atoms. The molecule has 0 atom stereocenters. The maximum absolute atomic E-state index is 13.6. The first kappa shape index (κ1) is 14.0. The fraction of sp³-hybridized carbons (Fsp3) is 0.571. The summed E-state index contributed by atoms with van der Waals surface area (Å²) < 4.78 is 14.3. The second-order valence-electron chi connectivity index (χ2n) is 5.04. The molecule has 1 aromatic carbocycles. The Labute approximate surface area is 116 Å². The maximum atomic E-state index is 13.6. The van der Waals surface area contributed by atoms with E-state index in [9.17, 15) is 9.50 Å². The molecule has 4 heteroatoms. The number of benzene rings is 1. The van der Waals surface area contributed by atoms with Crippen molar-refractivity contribution in [1.29, 1.82) is 0 Å². The van der Waals surface area contributed by atoms with Gasteiger partial charge in [0.05, 0.1) is 6.10 Å². The van der Waals surface area contributed by atoms with Crippen LogP contribution in [0.5, 0.6) is 0 Å². The molecule has 0 heterocycles. The minimum Gasteiger partial charge on any atom is -0.393 e. The molecule has 1 aliphatic carbocycles. The summed E-state index contributed by atoms with van der Waals surface area (Å²) in [7, 11) is 0. The zero-order valence-electron chi connectivity index (χ0n) is 10.3. The van der Waals surface area contributed by atoms with Crippen molar-refractivity contribution in [2.24, 2.45) is 5.92 Å². The Balaban J connectivity index is 1.75. The van der Waals surface area contributed by atoms with Gasteiger partial charge >= 0.3 is 0 Å². The van der Waals surface area contributed by atoms with Crippen LogP contribution in [0.4, 0.5) is 4.39 Å². The topological polar surface area (TPSA) is 32.3 Å². The van der Waals surface area contributed by atoms with Gasteiger partial charge in [-0.1, -0.05) is 22.0 Å². The van der Waals surface area contributed by atoms with Crippen LogP contribution in [0.15, 0.2) is 22.7 Å². The van der Waals surface area contributed by atoms with E-state index in [-0.39, 0.29) is 11.9 Å². The molecule has 0 aliphatic heterocycles. The first-order valence-corrected chi connectivity index (χ1v) is 7.27. The van der Waals surface area contributed by atoms with Gasteiger partial charge < -0.3 is 10.4 Å². The van der Waals surface area contributed by atoms with Gasteiger partial charge in [-0.2, -0.15) is 0 Å². The Bertz CT molecular complexity index is 391. The van der Waals surface area contributed by atoms with Crippen LogP contribution < -0.4 is 5.32 Å². The number of rotatable bonds is 4. The second kappa shape index (κ2) is 6.64. The molecule has 2 rings (SSSR count). The highest BCUT2D eigenvalue weighted by Gasteiger charge is 2.18. The van der Waals surface area contributed by atoms with Crippen molar-refractivity contribution in [2.75, 3.05) is 6.54 Å². The average Bonchev–Trinajstić information content (AvgIpc) is 2.34. The van der Waals surface area contributed by atoms with Crippen molar-refractivity contribution in [3.05, 3.63) is 34.1 Å². The summed E-state index contributed by atoms with van der Waals surface area (Å²) in [5.74, 6) is 0.447. The molecule has 1 fully saturated rings. The minimum absolute atomic E-state index is 0.106. The fourth-order valence-electron chi connectivity index (χ4n) is 2.42. The highest BCUT2D eigenvalue weighted by Crippen LogP contribution is 2.23. The molecule has 0 aromatic heterocycles. The number of aliphatic hydroxyl groups is 1. The molecule has 1 aliphatic rings. The molecule has 1 saturated carbocycles. The lowest BCUT2D eigenvalue weighted by atomic mass is 9.87. The lowest BCUT2D eigenvalue weighted by Gasteiger charge is -2.25. The fourth-order valence-corrected chi connectivity index (χ4v) is 2.76. The van der Waals surface area contributed by atoms with Crippen molar-refractivity contribution in [2.45, 2.75) is 38.3 Å². The molecule has 18 heavy (non-hydrogen) atoms. The number of aliphatic hydroxyl groups excluding tert-OH is 1. The van der Waals surface area contributed by atoms with Crippen molar-refractivity contribution in [3.63, 3.8) is 0 Å². The Hall–Kier alpha value is -0.450. The number of halogens is 2. The quantitative estimate of drug-likeness (QED) is 0.894. The summed E-state index contributed by atoms with van der Waals surface area (Å²) in [6.45, 7) is 1.47. The van der Waals surface area contributed by atoms with Gasteiger partial charge in [0.1, 0.15) is 5.82 Å². The highest BCUT2D eigenvalue weighted by atomic mass is 79.9. The summed E-state index contributed by atoms with van der Waals surface area (Å²) in [5, 5.41) is 12.7. The monoisotopic (exact) mass is 315 g/mol. The van der Waals surface area contributed by atoms with Crippen LogP contribution in [0.2, 0.25) is 0 Å². The van der Waals surface area contributed by atoms with E-state index in [4.69, 9.17) is 0 Å². The minimum atomic E-state index is -0.170. The molecule has 0 bridgehead atoms. The summed E-state index contributed by atoms with van der Waals surface area (Å²) in [6, 6.07) is 5.15. The number of hydrogen-bond acceptors (Lipinski definition) is 2. The van der Waals surface area contributed by atoms with Crippen molar-refractivity contribution >= 4 is 15.9 Å².